The van der Waals surface area contributed by atoms with Crippen LogP contribution in [0.1, 0.15) is 32.6 Å². The van der Waals surface area contributed by atoms with Crippen molar-refractivity contribution in [3.05, 3.63) is 0 Å². The molecule has 118 valence electrons. The maximum atomic E-state index is 11.8. The number of primary amides is 1. The fourth-order valence-corrected chi connectivity index (χ4v) is 3.71. The van der Waals surface area contributed by atoms with Crippen LogP contribution in [-0.2, 0) is 14.6 Å². The van der Waals surface area contributed by atoms with E-state index >= 15 is 0 Å². The topological polar surface area (TPSA) is 92.5 Å². The Bertz CT molecular complexity index is 392. The molecule has 1 rings (SSSR count). The molecule has 3 N–H and O–H groups in total. The van der Waals surface area contributed by atoms with Crippen molar-refractivity contribution in [3.63, 3.8) is 0 Å². The Hall–Kier alpha value is -0.660. The van der Waals surface area contributed by atoms with Gasteiger partial charge < -0.3 is 16.0 Å². The molecule has 1 aliphatic rings. The van der Waals surface area contributed by atoms with E-state index in [0.29, 0.717) is 12.6 Å². The molecule has 0 saturated carbocycles. The summed E-state index contributed by atoms with van der Waals surface area (Å²) in [6, 6.07) is 0.481. The standard InChI is InChI=1S/C13H27N3O3S/c1-2-7-16(11-12-4-3-6-15-12)8-10-20(18,19)9-5-13(14)17/h12,15H,2-11H2,1H3,(H2,14,17). The molecular formula is C13H27N3O3S. The summed E-state index contributed by atoms with van der Waals surface area (Å²) in [7, 11) is -3.19. The van der Waals surface area contributed by atoms with E-state index in [4.69, 9.17) is 5.73 Å². The number of nitrogens with one attached hydrogen (secondary N) is 1. The van der Waals surface area contributed by atoms with E-state index in [1.807, 2.05) is 0 Å². The number of sulfone groups is 1. The van der Waals surface area contributed by atoms with Crippen molar-refractivity contribution in [1.29, 1.82) is 0 Å². The van der Waals surface area contributed by atoms with Crippen LogP contribution in [0.5, 0.6) is 0 Å². The summed E-state index contributed by atoms with van der Waals surface area (Å²) < 4.78 is 23.7. The lowest BCUT2D eigenvalue weighted by atomic mass is 10.2. The molecule has 1 unspecified atom stereocenters. The van der Waals surface area contributed by atoms with Gasteiger partial charge in [-0.05, 0) is 32.4 Å². The third-order valence-electron chi connectivity index (χ3n) is 3.56. The second kappa shape index (κ2) is 8.59. The normalized spacial score (nSPS) is 19.6. The number of nitrogens with zero attached hydrogens (tertiary/aromatic N) is 1. The SMILES string of the molecule is CCCN(CCS(=O)(=O)CCC(N)=O)CC1CCCN1. The Balaban J connectivity index is 2.38. The molecule has 7 heteroatoms. The van der Waals surface area contributed by atoms with Crippen molar-refractivity contribution in [1.82, 2.24) is 10.2 Å². The van der Waals surface area contributed by atoms with E-state index in [1.54, 1.807) is 0 Å². The van der Waals surface area contributed by atoms with Crippen molar-refractivity contribution in [2.24, 2.45) is 5.73 Å². The van der Waals surface area contributed by atoms with E-state index in [-0.39, 0.29) is 17.9 Å². The predicted molar refractivity (Wildman–Crippen MR) is 80.2 cm³/mol. The zero-order chi connectivity index (χ0) is 15.0. The van der Waals surface area contributed by atoms with Crippen LogP contribution in [0.4, 0.5) is 0 Å². The summed E-state index contributed by atoms with van der Waals surface area (Å²) >= 11 is 0. The summed E-state index contributed by atoms with van der Waals surface area (Å²) in [6.45, 7) is 5.49. The van der Waals surface area contributed by atoms with Crippen LogP contribution in [0.15, 0.2) is 0 Å². The molecule has 1 aliphatic heterocycles. The predicted octanol–water partition coefficient (Wildman–Crippen LogP) is -0.259. The van der Waals surface area contributed by atoms with E-state index in [2.05, 4.69) is 17.1 Å². The smallest absolute Gasteiger partial charge is 0.218 e. The zero-order valence-electron chi connectivity index (χ0n) is 12.3. The van der Waals surface area contributed by atoms with Crippen molar-refractivity contribution in [3.8, 4) is 0 Å². The molecule has 1 fully saturated rings. The van der Waals surface area contributed by atoms with Gasteiger partial charge in [-0.25, -0.2) is 8.42 Å². The van der Waals surface area contributed by atoms with Crippen LogP contribution in [0.3, 0.4) is 0 Å². The summed E-state index contributed by atoms with van der Waals surface area (Å²) in [5.74, 6) is -0.592. The Kier molecular flexibility index (Phi) is 7.47. The van der Waals surface area contributed by atoms with E-state index < -0.39 is 15.7 Å². The highest BCUT2D eigenvalue weighted by Crippen LogP contribution is 2.08. The second-order valence-corrected chi connectivity index (χ2v) is 7.77. The molecule has 20 heavy (non-hydrogen) atoms. The molecule has 1 heterocycles. The highest BCUT2D eigenvalue weighted by Gasteiger charge is 2.19. The van der Waals surface area contributed by atoms with Crippen molar-refractivity contribution < 1.29 is 13.2 Å². The molecule has 0 bridgehead atoms. The van der Waals surface area contributed by atoms with Gasteiger partial charge in [0.1, 0.15) is 0 Å². The Labute approximate surface area is 122 Å². The number of carbonyl (C=O) groups excluding carboxylic acids is 1. The zero-order valence-corrected chi connectivity index (χ0v) is 13.1. The molecule has 0 aromatic rings. The van der Waals surface area contributed by atoms with Gasteiger partial charge in [-0.1, -0.05) is 6.92 Å². The highest BCUT2D eigenvalue weighted by atomic mass is 32.2. The Morgan fingerprint density at radius 2 is 2.10 bits per heavy atom. The van der Waals surface area contributed by atoms with Gasteiger partial charge in [0, 0.05) is 25.6 Å². The lowest BCUT2D eigenvalue weighted by Gasteiger charge is -2.25. The summed E-state index contributed by atoms with van der Waals surface area (Å²) in [5, 5.41) is 3.43. The van der Waals surface area contributed by atoms with Gasteiger partial charge in [0.05, 0.1) is 11.5 Å². The third kappa shape index (κ3) is 7.21. The van der Waals surface area contributed by atoms with Crippen LogP contribution < -0.4 is 11.1 Å². The monoisotopic (exact) mass is 305 g/mol. The molecule has 1 atom stereocenters. The molecule has 0 spiro atoms. The van der Waals surface area contributed by atoms with Crippen LogP contribution in [0, 0.1) is 0 Å². The molecule has 1 saturated heterocycles. The van der Waals surface area contributed by atoms with Gasteiger partial charge >= 0.3 is 0 Å². The summed E-state index contributed by atoms with van der Waals surface area (Å²) in [4.78, 5) is 12.9. The van der Waals surface area contributed by atoms with Crippen LogP contribution in [0.25, 0.3) is 0 Å². The first kappa shape index (κ1) is 17.4. The van der Waals surface area contributed by atoms with Crippen LogP contribution >= 0.6 is 0 Å². The quantitative estimate of drug-likeness (QED) is 0.580. The number of hydrogen-bond donors (Lipinski definition) is 2. The first-order chi connectivity index (χ1) is 9.43. The minimum Gasteiger partial charge on any atom is -0.370 e. The molecule has 1 amide bonds. The number of carbonyl (C=O) groups is 1. The minimum atomic E-state index is -3.19. The molecular weight excluding hydrogens is 278 g/mol. The number of amides is 1. The third-order valence-corrected chi connectivity index (χ3v) is 5.19. The highest BCUT2D eigenvalue weighted by molar-refractivity contribution is 7.91. The van der Waals surface area contributed by atoms with Gasteiger partial charge in [0.2, 0.25) is 5.91 Å². The average molecular weight is 305 g/mol. The number of nitrogens with two attached hydrogens (primary N) is 1. The maximum absolute atomic E-state index is 11.8. The molecule has 0 aromatic heterocycles. The fourth-order valence-electron chi connectivity index (χ4n) is 2.46. The molecule has 0 radical (unpaired) electrons. The maximum Gasteiger partial charge on any atom is 0.218 e. The number of rotatable bonds is 10. The first-order valence-electron chi connectivity index (χ1n) is 7.37. The van der Waals surface area contributed by atoms with Crippen molar-refractivity contribution in [2.75, 3.05) is 37.7 Å². The molecule has 0 aliphatic carbocycles. The van der Waals surface area contributed by atoms with Gasteiger partial charge in [-0.15, -0.1) is 0 Å². The first-order valence-corrected chi connectivity index (χ1v) is 9.19. The Morgan fingerprint density at radius 3 is 2.65 bits per heavy atom. The van der Waals surface area contributed by atoms with E-state index in [9.17, 15) is 13.2 Å². The van der Waals surface area contributed by atoms with E-state index in [1.165, 1.54) is 6.42 Å². The Morgan fingerprint density at radius 1 is 1.35 bits per heavy atom. The molecule has 0 aromatic carbocycles. The van der Waals surface area contributed by atoms with Crippen LogP contribution in [0.2, 0.25) is 0 Å². The second-order valence-electron chi connectivity index (χ2n) is 5.46. The van der Waals surface area contributed by atoms with Gasteiger partial charge in [0.15, 0.2) is 9.84 Å². The summed E-state index contributed by atoms with van der Waals surface area (Å²) in [5.41, 5.74) is 4.99. The average Bonchev–Trinajstić information content (AvgIpc) is 2.87. The molecule has 6 nitrogen and oxygen atoms in total. The minimum absolute atomic E-state index is 0.0830. The lowest BCUT2D eigenvalue weighted by molar-refractivity contribution is -0.117. The largest absolute Gasteiger partial charge is 0.370 e. The van der Waals surface area contributed by atoms with Gasteiger partial charge in [0.25, 0.3) is 0 Å². The van der Waals surface area contributed by atoms with Gasteiger partial charge in [-0.2, -0.15) is 0 Å². The number of hydrogen-bond acceptors (Lipinski definition) is 5. The van der Waals surface area contributed by atoms with Crippen molar-refractivity contribution in [2.45, 2.75) is 38.6 Å². The van der Waals surface area contributed by atoms with Gasteiger partial charge in [-0.3, -0.25) is 4.79 Å². The lowest BCUT2D eigenvalue weighted by Crippen LogP contribution is -2.40. The van der Waals surface area contributed by atoms with Crippen LogP contribution in [-0.4, -0.2) is 63.0 Å². The van der Waals surface area contributed by atoms with E-state index in [0.717, 1.165) is 32.5 Å². The summed E-state index contributed by atoms with van der Waals surface area (Å²) in [6.07, 6.45) is 3.28. The fraction of sp³-hybridized carbons (Fsp3) is 0.923. The van der Waals surface area contributed by atoms with Crippen molar-refractivity contribution >= 4 is 15.7 Å².